The number of hydrogen-bond donors (Lipinski definition) is 3. The summed E-state index contributed by atoms with van der Waals surface area (Å²) in [6, 6.07) is 8.70. The second-order valence-corrected chi connectivity index (χ2v) is 4.22. The molecule has 6 heteroatoms. The summed E-state index contributed by atoms with van der Waals surface area (Å²) in [6.45, 7) is 0.570. The van der Waals surface area contributed by atoms with Gasteiger partial charge in [-0.2, -0.15) is 5.10 Å². The van der Waals surface area contributed by atoms with Gasteiger partial charge in [-0.1, -0.05) is 30.3 Å². The number of nitrogens with zero attached hydrogens (tertiary/aromatic N) is 2. The highest BCUT2D eigenvalue weighted by molar-refractivity contribution is 5.82. The van der Waals surface area contributed by atoms with E-state index in [9.17, 15) is 4.79 Å². The van der Waals surface area contributed by atoms with E-state index in [0.717, 1.165) is 24.2 Å². The normalized spacial score (nSPS) is 12.1. The van der Waals surface area contributed by atoms with E-state index in [-0.39, 0.29) is 5.91 Å². The van der Waals surface area contributed by atoms with Gasteiger partial charge in [0.1, 0.15) is 18.2 Å². The lowest BCUT2D eigenvalue weighted by molar-refractivity contribution is -0.122. The lowest BCUT2D eigenvalue weighted by atomic mass is 10.1. The van der Waals surface area contributed by atoms with Crippen LogP contribution in [-0.2, 0) is 11.2 Å². The second-order valence-electron chi connectivity index (χ2n) is 4.22. The van der Waals surface area contributed by atoms with Crippen LogP contribution in [-0.4, -0.2) is 27.6 Å². The van der Waals surface area contributed by atoms with E-state index in [1.807, 2.05) is 30.3 Å². The Morgan fingerprint density at radius 2 is 2.16 bits per heavy atom. The van der Waals surface area contributed by atoms with Crippen LogP contribution in [0.25, 0.3) is 0 Å². The standard InChI is InChI=1S/C13H17N5O/c14-12(10-5-2-1-3-6-10)13(19)15-8-4-7-11-16-9-17-18-11/h1-3,5-6,9,12H,4,7-8,14H2,(H,15,19)(H,16,17,18). The maximum absolute atomic E-state index is 11.8. The Labute approximate surface area is 111 Å². The number of nitrogens with two attached hydrogens (primary N) is 1. The van der Waals surface area contributed by atoms with E-state index in [1.165, 1.54) is 6.33 Å². The minimum atomic E-state index is -0.619. The molecular formula is C13H17N5O. The van der Waals surface area contributed by atoms with Crippen molar-refractivity contribution in [1.82, 2.24) is 20.5 Å². The number of aromatic amines is 1. The second kappa shape index (κ2) is 6.65. The summed E-state index contributed by atoms with van der Waals surface area (Å²) in [4.78, 5) is 15.8. The lowest BCUT2D eigenvalue weighted by Gasteiger charge is -2.12. The van der Waals surface area contributed by atoms with E-state index in [2.05, 4.69) is 20.5 Å². The molecule has 0 radical (unpaired) electrons. The summed E-state index contributed by atoms with van der Waals surface area (Å²) < 4.78 is 0. The van der Waals surface area contributed by atoms with Crippen molar-refractivity contribution in [1.29, 1.82) is 0 Å². The third kappa shape index (κ3) is 3.89. The van der Waals surface area contributed by atoms with Crippen molar-refractivity contribution >= 4 is 5.91 Å². The highest BCUT2D eigenvalue weighted by Crippen LogP contribution is 2.09. The zero-order chi connectivity index (χ0) is 13.5. The number of aryl methyl sites for hydroxylation is 1. The van der Waals surface area contributed by atoms with Gasteiger partial charge in [0.2, 0.25) is 5.91 Å². The van der Waals surface area contributed by atoms with E-state index in [1.54, 1.807) is 0 Å². The van der Waals surface area contributed by atoms with Gasteiger partial charge in [0.25, 0.3) is 0 Å². The Balaban J connectivity index is 1.72. The molecule has 0 aliphatic heterocycles. The summed E-state index contributed by atoms with van der Waals surface area (Å²) in [6.07, 6.45) is 3.02. The van der Waals surface area contributed by atoms with Crippen molar-refractivity contribution in [3.05, 3.63) is 48.0 Å². The van der Waals surface area contributed by atoms with Crippen LogP contribution in [0.5, 0.6) is 0 Å². The topological polar surface area (TPSA) is 96.7 Å². The number of carbonyl (C=O) groups excluding carboxylic acids is 1. The number of benzene rings is 1. The third-order valence-corrected chi connectivity index (χ3v) is 2.80. The maximum atomic E-state index is 11.8. The Morgan fingerprint density at radius 1 is 1.37 bits per heavy atom. The number of amides is 1. The predicted molar refractivity (Wildman–Crippen MR) is 71.1 cm³/mol. The average molecular weight is 259 g/mol. The first-order valence-electron chi connectivity index (χ1n) is 6.20. The number of H-pyrrole nitrogens is 1. The monoisotopic (exact) mass is 259 g/mol. The van der Waals surface area contributed by atoms with Gasteiger partial charge in [0, 0.05) is 13.0 Å². The van der Waals surface area contributed by atoms with E-state index in [4.69, 9.17) is 5.73 Å². The Morgan fingerprint density at radius 3 is 2.84 bits per heavy atom. The molecule has 1 aromatic carbocycles. The Kier molecular flexibility index (Phi) is 4.63. The fourth-order valence-electron chi connectivity index (χ4n) is 1.74. The molecule has 4 N–H and O–H groups in total. The molecule has 0 aliphatic carbocycles. The van der Waals surface area contributed by atoms with Crippen LogP contribution in [0.1, 0.15) is 23.9 Å². The van der Waals surface area contributed by atoms with Crippen LogP contribution < -0.4 is 11.1 Å². The minimum absolute atomic E-state index is 0.163. The molecule has 6 nitrogen and oxygen atoms in total. The van der Waals surface area contributed by atoms with Gasteiger partial charge < -0.3 is 11.1 Å². The molecule has 0 saturated carbocycles. The molecule has 1 atom stereocenters. The van der Waals surface area contributed by atoms with Crippen LogP contribution in [0.15, 0.2) is 36.7 Å². The van der Waals surface area contributed by atoms with Crippen molar-refractivity contribution < 1.29 is 4.79 Å². The molecule has 1 unspecified atom stereocenters. The largest absolute Gasteiger partial charge is 0.354 e. The van der Waals surface area contributed by atoms with Crippen molar-refractivity contribution in [3.63, 3.8) is 0 Å². The number of nitrogens with one attached hydrogen (secondary N) is 2. The van der Waals surface area contributed by atoms with Gasteiger partial charge in [0.15, 0.2) is 0 Å². The molecule has 2 rings (SSSR count). The average Bonchev–Trinajstić information content (AvgIpc) is 2.96. The molecule has 1 amide bonds. The van der Waals surface area contributed by atoms with Gasteiger partial charge in [-0.05, 0) is 12.0 Å². The van der Waals surface area contributed by atoms with Crippen molar-refractivity contribution in [2.75, 3.05) is 6.54 Å². The molecule has 2 aromatic rings. The molecule has 1 aromatic heterocycles. The first-order valence-corrected chi connectivity index (χ1v) is 6.20. The van der Waals surface area contributed by atoms with Gasteiger partial charge in [-0.25, -0.2) is 4.98 Å². The molecule has 0 saturated heterocycles. The summed E-state index contributed by atoms with van der Waals surface area (Å²) in [7, 11) is 0. The van der Waals surface area contributed by atoms with Crippen LogP contribution in [0.4, 0.5) is 0 Å². The van der Waals surface area contributed by atoms with E-state index >= 15 is 0 Å². The van der Waals surface area contributed by atoms with Crippen LogP contribution in [0, 0.1) is 0 Å². The van der Waals surface area contributed by atoms with Crippen LogP contribution >= 0.6 is 0 Å². The van der Waals surface area contributed by atoms with Crippen LogP contribution in [0.2, 0.25) is 0 Å². The summed E-state index contributed by atoms with van der Waals surface area (Å²) in [5.41, 5.74) is 6.69. The summed E-state index contributed by atoms with van der Waals surface area (Å²) >= 11 is 0. The van der Waals surface area contributed by atoms with Gasteiger partial charge in [-0.3, -0.25) is 9.89 Å². The van der Waals surface area contributed by atoms with E-state index < -0.39 is 6.04 Å². The predicted octanol–water partition coefficient (Wildman–Crippen LogP) is 0.554. The first-order chi connectivity index (χ1) is 9.27. The fourth-order valence-corrected chi connectivity index (χ4v) is 1.74. The van der Waals surface area contributed by atoms with Gasteiger partial charge >= 0.3 is 0 Å². The van der Waals surface area contributed by atoms with E-state index in [0.29, 0.717) is 6.54 Å². The minimum Gasteiger partial charge on any atom is -0.354 e. The number of aromatic nitrogens is 3. The molecule has 0 aliphatic rings. The zero-order valence-corrected chi connectivity index (χ0v) is 10.5. The SMILES string of the molecule is NC(C(=O)NCCCc1ncn[nH]1)c1ccccc1. The van der Waals surface area contributed by atoms with Crippen LogP contribution in [0.3, 0.4) is 0 Å². The maximum Gasteiger partial charge on any atom is 0.241 e. The third-order valence-electron chi connectivity index (χ3n) is 2.80. The molecule has 19 heavy (non-hydrogen) atoms. The summed E-state index contributed by atoms with van der Waals surface area (Å²) in [5, 5.41) is 9.35. The molecule has 1 heterocycles. The molecule has 100 valence electrons. The van der Waals surface area contributed by atoms with Crippen molar-refractivity contribution in [2.45, 2.75) is 18.9 Å². The first kappa shape index (κ1) is 13.2. The zero-order valence-electron chi connectivity index (χ0n) is 10.5. The molecule has 0 spiro atoms. The molecule has 0 bridgehead atoms. The quantitative estimate of drug-likeness (QED) is 0.660. The molecular weight excluding hydrogens is 242 g/mol. The number of rotatable bonds is 6. The highest BCUT2D eigenvalue weighted by atomic mass is 16.2. The van der Waals surface area contributed by atoms with Gasteiger partial charge in [-0.15, -0.1) is 0 Å². The van der Waals surface area contributed by atoms with Crippen molar-refractivity contribution in [2.24, 2.45) is 5.73 Å². The number of carbonyl (C=O) groups is 1. The Hall–Kier alpha value is -2.21. The molecule has 0 fully saturated rings. The smallest absolute Gasteiger partial charge is 0.241 e. The highest BCUT2D eigenvalue weighted by Gasteiger charge is 2.14. The summed E-state index contributed by atoms with van der Waals surface area (Å²) in [5.74, 6) is 0.658. The van der Waals surface area contributed by atoms with Gasteiger partial charge in [0.05, 0.1) is 0 Å². The Bertz CT molecular complexity index is 497. The lowest BCUT2D eigenvalue weighted by Crippen LogP contribution is -2.34. The van der Waals surface area contributed by atoms with Crippen molar-refractivity contribution in [3.8, 4) is 0 Å². The fraction of sp³-hybridized carbons (Fsp3) is 0.308. The number of hydrogen-bond acceptors (Lipinski definition) is 4.